The van der Waals surface area contributed by atoms with E-state index < -0.39 is 0 Å². The van der Waals surface area contributed by atoms with E-state index >= 15 is 0 Å². The van der Waals surface area contributed by atoms with Crippen molar-refractivity contribution in [3.63, 3.8) is 0 Å². The van der Waals surface area contributed by atoms with Gasteiger partial charge in [-0.15, -0.1) is 0 Å². The first kappa shape index (κ1) is 6.98. The molecule has 0 bridgehead atoms. The van der Waals surface area contributed by atoms with Crippen LogP contribution in [0.15, 0.2) is 0 Å². The summed E-state index contributed by atoms with van der Waals surface area (Å²) in [7, 11) is 0. The molecular weight excluding hydrogens is 110 g/mol. The minimum absolute atomic E-state index is 0.637. The van der Waals surface area contributed by atoms with E-state index in [0.717, 1.165) is 12.8 Å². The predicted octanol–water partition coefficient (Wildman–Crippen LogP) is 1.28. The van der Waals surface area contributed by atoms with E-state index in [-0.39, 0.29) is 0 Å². The van der Waals surface area contributed by atoms with Crippen LogP contribution in [0.4, 0.5) is 0 Å². The zero-order valence-corrected chi connectivity index (χ0v) is 4.95. The summed E-state index contributed by atoms with van der Waals surface area (Å²) in [6, 6.07) is 0. The van der Waals surface area contributed by atoms with Crippen molar-refractivity contribution in [2.45, 2.75) is 12.8 Å². The summed E-state index contributed by atoms with van der Waals surface area (Å²) in [6.45, 7) is 0.637. The van der Waals surface area contributed by atoms with E-state index in [2.05, 4.69) is 17.1 Å². The molecular formula is C4H9NOS. The van der Waals surface area contributed by atoms with Crippen LogP contribution in [0, 0.1) is 5.41 Å². The van der Waals surface area contributed by atoms with Crippen molar-refractivity contribution in [2.75, 3.05) is 6.61 Å². The van der Waals surface area contributed by atoms with Gasteiger partial charge in [0.1, 0.15) is 0 Å². The summed E-state index contributed by atoms with van der Waals surface area (Å²) in [5.41, 5.74) is 0. The standard InChI is InChI=1S/C4H9NOS/c5-3-1-2-4-6-7/h3,5,7H,1-2,4H2. The largest absolute Gasteiger partial charge is 0.318 e. The van der Waals surface area contributed by atoms with Gasteiger partial charge in [-0.1, -0.05) is 0 Å². The Bertz CT molecular complexity index is 49.0. The Morgan fingerprint density at radius 3 is 2.86 bits per heavy atom. The van der Waals surface area contributed by atoms with E-state index in [4.69, 9.17) is 5.41 Å². The van der Waals surface area contributed by atoms with E-state index in [0.29, 0.717) is 6.61 Å². The second-order valence-electron chi connectivity index (χ2n) is 1.18. The third-order valence-corrected chi connectivity index (χ3v) is 0.767. The number of hydrogen-bond donors (Lipinski definition) is 2. The molecule has 0 amide bonds. The van der Waals surface area contributed by atoms with Crippen molar-refractivity contribution < 1.29 is 4.18 Å². The number of thiol groups is 1. The summed E-state index contributed by atoms with van der Waals surface area (Å²) >= 11 is 3.52. The first-order chi connectivity index (χ1) is 3.41. The van der Waals surface area contributed by atoms with E-state index in [1.54, 1.807) is 0 Å². The minimum atomic E-state index is 0.637. The molecule has 0 aromatic rings. The number of unbranched alkanes of at least 4 members (excludes halogenated alkanes) is 1. The van der Waals surface area contributed by atoms with Gasteiger partial charge in [-0.3, -0.25) is 0 Å². The number of nitrogens with one attached hydrogen (secondary N) is 1. The molecule has 2 nitrogen and oxygen atoms in total. The summed E-state index contributed by atoms with van der Waals surface area (Å²) < 4.78 is 4.43. The van der Waals surface area contributed by atoms with Gasteiger partial charge in [0.15, 0.2) is 0 Å². The first-order valence-corrected chi connectivity index (χ1v) is 2.53. The van der Waals surface area contributed by atoms with Crippen LogP contribution in [0.2, 0.25) is 0 Å². The van der Waals surface area contributed by atoms with Gasteiger partial charge in [-0.2, -0.15) is 0 Å². The molecule has 0 aliphatic carbocycles. The molecule has 0 radical (unpaired) electrons. The van der Waals surface area contributed by atoms with E-state index in [1.165, 1.54) is 6.21 Å². The second-order valence-corrected chi connectivity index (χ2v) is 1.44. The van der Waals surface area contributed by atoms with Crippen molar-refractivity contribution in [2.24, 2.45) is 0 Å². The topological polar surface area (TPSA) is 33.1 Å². The maximum Gasteiger partial charge on any atom is 0.0614 e. The van der Waals surface area contributed by atoms with Crippen LogP contribution in [0.1, 0.15) is 12.8 Å². The second kappa shape index (κ2) is 5.98. The highest BCUT2D eigenvalue weighted by Crippen LogP contribution is 1.86. The molecule has 0 aromatic heterocycles. The first-order valence-electron chi connectivity index (χ1n) is 2.17. The Labute approximate surface area is 49.0 Å². The maximum atomic E-state index is 6.58. The van der Waals surface area contributed by atoms with Crippen LogP contribution in [-0.2, 0) is 4.18 Å². The van der Waals surface area contributed by atoms with Crippen LogP contribution >= 0.6 is 12.9 Å². The Kier molecular flexibility index (Phi) is 5.96. The number of hydrogen-bond acceptors (Lipinski definition) is 3. The summed E-state index contributed by atoms with van der Waals surface area (Å²) in [5, 5.41) is 6.58. The molecule has 0 fully saturated rings. The predicted molar refractivity (Wildman–Crippen MR) is 33.0 cm³/mol. The van der Waals surface area contributed by atoms with Gasteiger partial charge in [0, 0.05) is 0 Å². The minimum Gasteiger partial charge on any atom is -0.318 e. The maximum absolute atomic E-state index is 6.58. The van der Waals surface area contributed by atoms with E-state index in [9.17, 15) is 0 Å². The van der Waals surface area contributed by atoms with E-state index in [1.807, 2.05) is 0 Å². The molecule has 0 saturated carbocycles. The zero-order valence-electron chi connectivity index (χ0n) is 4.05. The van der Waals surface area contributed by atoms with Crippen molar-refractivity contribution >= 4 is 19.1 Å². The SMILES string of the molecule is N=CCCCOS. The summed E-state index contributed by atoms with van der Waals surface area (Å²) in [4.78, 5) is 0. The highest BCUT2D eigenvalue weighted by Gasteiger charge is 1.78. The van der Waals surface area contributed by atoms with Crippen LogP contribution in [0.5, 0.6) is 0 Å². The molecule has 0 aliphatic rings. The fourth-order valence-corrected chi connectivity index (χ4v) is 0.379. The molecule has 7 heavy (non-hydrogen) atoms. The van der Waals surface area contributed by atoms with Crippen molar-refractivity contribution in [3.05, 3.63) is 0 Å². The fourth-order valence-electron chi connectivity index (χ4n) is 0.250. The molecule has 42 valence electrons. The molecule has 0 rings (SSSR count). The molecule has 1 N–H and O–H groups in total. The van der Waals surface area contributed by atoms with Gasteiger partial charge in [-0.25, -0.2) is 0 Å². The fraction of sp³-hybridized carbons (Fsp3) is 0.750. The quantitative estimate of drug-likeness (QED) is 0.248. The van der Waals surface area contributed by atoms with Gasteiger partial charge in [0.2, 0.25) is 0 Å². The zero-order chi connectivity index (χ0) is 5.54. The third-order valence-electron chi connectivity index (χ3n) is 0.584. The lowest BCUT2D eigenvalue weighted by Crippen LogP contribution is -1.83. The lowest BCUT2D eigenvalue weighted by atomic mass is 10.3. The van der Waals surface area contributed by atoms with Gasteiger partial charge in [-0.05, 0) is 32.0 Å². The lowest BCUT2D eigenvalue weighted by molar-refractivity contribution is 0.376. The summed E-state index contributed by atoms with van der Waals surface area (Å²) in [6.07, 6.45) is 3.06. The van der Waals surface area contributed by atoms with Gasteiger partial charge < -0.3 is 9.59 Å². The third kappa shape index (κ3) is 5.98. The molecule has 0 aliphatic heterocycles. The molecule has 0 atom stereocenters. The van der Waals surface area contributed by atoms with Crippen molar-refractivity contribution in [1.82, 2.24) is 0 Å². The molecule has 3 heteroatoms. The Hall–Kier alpha value is -0.0200. The van der Waals surface area contributed by atoms with Crippen LogP contribution < -0.4 is 0 Å². The molecule has 0 spiro atoms. The van der Waals surface area contributed by atoms with Crippen molar-refractivity contribution in [3.8, 4) is 0 Å². The van der Waals surface area contributed by atoms with Crippen LogP contribution in [0.3, 0.4) is 0 Å². The average molecular weight is 119 g/mol. The highest BCUT2D eigenvalue weighted by atomic mass is 32.1. The van der Waals surface area contributed by atoms with Gasteiger partial charge in [0.05, 0.1) is 6.61 Å². The Morgan fingerprint density at radius 2 is 2.43 bits per heavy atom. The monoisotopic (exact) mass is 119 g/mol. The van der Waals surface area contributed by atoms with Crippen LogP contribution in [-0.4, -0.2) is 12.8 Å². The molecule has 0 heterocycles. The average Bonchev–Trinajstić information content (AvgIpc) is 1.69. The van der Waals surface area contributed by atoms with Gasteiger partial charge >= 0.3 is 0 Å². The van der Waals surface area contributed by atoms with Gasteiger partial charge in [0.25, 0.3) is 0 Å². The summed E-state index contributed by atoms with van der Waals surface area (Å²) in [5.74, 6) is 0. The van der Waals surface area contributed by atoms with Crippen molar-refractivity contribution in [1.29, 1.82) is 5.41 Å². The molecule has 0 saturated heterocycles. The number of rotatable bonds is 4. The smallest absolute Gasteiger partial charge is 0.0614 e. The Morgan fingerprint density at radius 1 is 1.71 bits per heavy atom. The normalized spacial score (nSPS) is 8.71. The molecule has 0 aromatic carbocycles. The molecule has 0 unspecified atom stereocenters. The van der Waals surface area contributed by atoms with Crippen LogP contribution in [0.25, 0.3) is 0 Å². The Balaban J connectivity index is 2.56. The highest BCUT2D eigenvalue weighted by molar-refractivity contribution is 7.75. The lowest BCUT2D eigenvalue weighted by Gasteiger charge is -1.88.